The van der Waals surface area contributed by atoms with Gasteiger partial charge in [0.15, 0.2) is 9.84 Å². The standard InChI is InChI=1S/C24H28N4O6S2/c1-17(2)35(30,31)20-12-10-18(11-13-20)15-22-26-27-24(34-22)25-23(29)19-7-6-14-28(16-19)36(32,33)21-8-4-3-5-9-21/h3-5,8-13,17,19H,6-7,14-16H2,1-2H3,(H,25,27,29). The Morgan fingerprint density at radius 1 is 1.03 bits per heavy atom. The average Bonchev–Trinajstić information content (AvgIpc) is 3.31. The summed E-state index contributed by atoms with van der Waals surface area (Å²) < 4.78 is 57.3. The summed E-state index contributed by atoms with van der Waals surface area (Å²) >= 11 is 0. The van der Waals surface area contributed by atoms with E-state index in [1.165, 1.54) is 16.4 Å². The fourth-order valence-electron chi connectivity index (χ4n) is 3.94. The highest BCUT2D eigenvalue weighted by atomic mass is 32.2. The fraction of sp³-hybridized carbons (Fsp3) is 0.375. The predicted octanol–water partition coefficient (Wildman–Crippen LogP) is 2.88. The molecule has 10 nitrogen and oxygen atoms in total. The molecule has 0 radical (unpaired) electrons. The third-order valence-electron chi connectivity index (χ3n) is 6.06. The van der Waals surface area contributed by atoms with Crippen LogP contribution in [0.1, 0.15) is 38.1 Å². The van der Waals surface area contributed by atoms with Crippen molar-refractivity contribution in [3.8, 4) is 0 Å². The molecule has 36 heavy (non-hydrogen) atoms. The summed E-state index contributed by atoms with van der Waals surface area (Å²) in [7, 11) is -7.04. The summed E-state index contributed by atoms with van der Waals surface area (Å²) in [6, 6.07) is 14.5. The molecule has 12 heteroatoms. The van der Waals surface area contributed by atoms with E-state index >= 15 is 0 Å². The number of rotatable bonds is 8. The van der Waals surface area contributed by atoms with Gasteiger partial charge >= 0.3 is 6.01 Å². The summed E-state index contributed by atoms with van der Waals surface area (Å²) in [5.74, 6) is -0.689. The van der Waals surface area contributed by atoms with Gasteiger partial charge in [-0.2, -0.15) is 4.31 Å². The van der Waals surface area contributed by atoms with Crippen LogP contribution in [-0.2, 0) is 31.1 Å². The van der Waals surface area contributed by atoms with Crippen LogP contribution in [0.2, 0.25) is 0 Å². The lowest BCUT2D eigenvalue weighted by atomic mass is 9.99. The number of hydrogen-bond acceptors (Lipinski definition) is 8. The smallest absolute Gasteiger partial charge is 0.322 e. The number of benzene rings is 2. The molecular weight excluding hydrogens is 504 g/mol. The lowest BCUT2D eigenvalue weighted by Crippen LogP contribution is -2.43. The Labute approximate surface area is 210 Å². The number of piperidine rings is 1. The van der Waals surface area contributed by atoms with Gasteiger partial charge in [-0.15, -0.1) is 5.10 Å². The molecule has 1 aliphatic rings. The highest BCUT2D eigenvalue weighted by Gasteiger charge is 2.33. The third kappa shape index (κ3) is 5.66. The molecule has 1 fully saturated rings. The maximum atomic E-state index is 12.9. The van der Waals surface area contributed by atoms with Gasteiger partial charge in [0, 0.05) is 13.1 Å². The molecule has 1 unspecified atom stereocenters. The molecule has 1 amide bonds. The number of carbonyl (C=O) groups is 1. The van der Waals surface area contributed by atoms with Crippen molar-refractivity contribution in [1.29, 1.82) is 0 Å². The largest absolute Gasteiger partial charge is 0.407 e. The summed E-state index contributed by atoms with van der Waals surface area (Å²) in [6.07, 6.45) is 1.36. The van der Waals surface area contributed by atoms with Crippen LogP contribution in [-0.4, -0.2) is 55.6 Å². The number of anilines is 1. The SMILES string of the molecule is CC(C)S(=O)(=O)c1ccc(Cc2nnc(NC(=O)C3CCCN(S(=O)(=O)c4ccccc4)C3)o2)cc1. The minimum Gasteiger partial charge on any atom is -0.407 e. The van der Waals surface area contributed by atoms with Crippen LogP contribution >= 0.6 is 0 Å². The molecule has 0 spiro atoms. The second-order valence-electron chi connectivity index (χ2n) is 8.92. The van der Waals surface area contributed by atoms with E-state index in [4.69, 9.17) is 4.42 Å². The molecule has 3 aromatic rings. The minimum atomic E-state index is -3.68. The van der Waals surface area contributed by atoms with E-state index in [0.29, 0.717) is 19.4 Å². The molecule has 0 saturated carbocycles. The molecule has 0 bridgehead atoms. The van der Waals surface area contributed by atoms with Gasteiger partial charge in [-0.25, -0.2) is 16.8 Å². The summed E-state index contributed by atoms with van der Waals surface area (Å²) in [5, 5.41) is 9.89. The van der Waals surface area contributed by atoms with Gasteiger partial charge in [0.05, 0.1) is 27.4 Å². The molecule has 192 valence electrons. The molecule has 2 heterocycles. The highest BCUT2D eigenvalue weighted by molar-refractivity contribution is 7.92. The van der Waals surface area contributed by atoms with Gasteiger partial charge in [-0.1, -0.05) is 35.4 Å². The Hall–Kier alpha value is -3.09. The van der Waals surface area contributed by atoms with Crippen molar-refractivity contribution in [3.05, 3.63) is 66.1 Å². The normalized spacial score (nSPS) is 17.2. The zero-order valence-electron chi connectivity index (χ0n) is 20.0. The van der Waals surface area contributed by atoms with E-state index in [2.05, 4.69) is 15.5 Å². The summed E-state index contributed by atoms with van der Waals surface area (Å²) in [4.78, 5) is 13.3. The molecule has 1 atom stereocenters. The van der Waals surface area contributed by atoms with E-state index in [1.807, 2.05) is 0 Å². The molecule has 1 N–H and O–H groups in total. The number of nitrogens with one attached hydrogen (secondary N) is 1. The van der Waals surface area contributed by atoms with Crippen molar-refractivity contribution in [3.63, 3.8) is 0 Å². The highest BCUT2D eigenvalue weighted by Crippen LogP contribution is 2.25. The molecule has 4 rings (SSSR count). The first-order valence-electron chi connectivity index (χ1n) is 11.6. The monoisotopic (exact) mass is 532 g/mol. The number of hydrogen-bond donors (Lipinski definition) is 1. The Morgan fingerprint density at radius 2 is 1.72 bits per heavy atom. The van der Waals surface area contributed by atoms with E-state index in [9.17, 15) is 21.6 Å². The Balaban J connectivity index is 1.37. The summed E-state index contributed by atoms with van der Waals surface area (Å²) in [6.45, 7) is 3.67. The van der Waals surface area contributed by atoms with Crippen molar-refractivity contribution in [1.82, 2.24) is 14.5 Å². The fourth-order valence-corrected chi connectivity index (χ4v) is 6.55. The second-order valence-corrected chi connectivity index (χ2v) is 13.4. The van der Waals surface area contributed by atoms with E-state index < -0.39 is 31.0 Å². The van der Waals surface area contributed by atoms with E-state index in [0.717, 1.165) is 5.56 Å². The number of amides is 1. The first kappa shape index (κ1) is 26.0. The first-order chi connectivity index (χ1) is 17.1. The van der Waals surface area contributed by atoms with Gasteiger partial charge in [-0.3, -0.25) is 10.1 Å². The number of sulfonamides is 1. The van der Waals surface area contributed by atoms with Crippen molar-refractivity contribution in [2.45, 2.75) is 48.2 Å². The minimum absolute atomic E-state index is 0.0652. The van der Waals surface area contributed by atoms with Crippen LogP contribution in [0, 0.1) is 5.92 Å². The Bertz CT molecular complexity index is 1420. The number of sulfone groups is 1. The molecule has 1 saturated heterocycles. The number of carbonyl (C=O) groups excluding carboxylic acids is 1. The lowest BCUT2D eigenvalue weighted by Gasteiger charge is -2.30. The maximum Gasteiger partial charge on any atom is 0.322 e. The predicted molar refractivity (Wildman–Crippen MR) is 132 cm³/mol. The summed E-state index contributed by atoms with van der Waals surface area (Å²) in [5.41, 5.74) is 0.772. The first-order valence-corrected chi connectivity index (χ1v) is 14.6. The van der Waals surface area contributed by atoms with Crippen molar-refractivity contribution in [2.75, 3.05) is 18.4 Å². The Kier molecular flexibility index (Phi) is 7.57. The number of nitrogens with zero attached hydrogens (tertiary/aromatic N) is 3. The average molecular weight is 533 g/mol. The van der Waals surface area contributed by atoms with Gasteiger partial charge in [0.2, 0.25) is 21.8 Å². The topological polar surface area (TPSA) is 140 Å². The lowest BCUT2D eigenvalue weighted by molar-refractivity contribution is -0.121. The Morgan fingerprint density at radius 3 is 2.39 bits per heavy atom. The van der Waals surface area contributed by atoms with E-state index in [-0.39, 0.29) is 40.6 Å². The molecule has 0 aliphatic carbocycles. The zero-order valence-corrected chi connectivity index (χ0v) is 21.6. The third-order valence-corrected chi connectivity index (χ3v) is 10.1. The van der Waals surface area contributed by atoms with Gasteiger partial charge in [0.1, 0.15) is 0 Å². The van der Waals surface area contributed by atoms with Crippen LogP contribution in [0.3, 0.4) is 0 Å². The van der Waals surface area contributed by atoms with Crippen LogP contribution in [0.25, 0.3) is 0 Å². The molecule has 1 aromatic heterocycles. The van der Waals surface area contributed by atoms with Gasteiger partial charge in [-0.05, 0) is 56.5 Å². The van der Waals surface area contributed by atoms with Gasteiger partial charge in [0.25, 0.3) is 0 Å². The second kappa shape index (κ2) is 10.5. The van der Waals surface area contributed by atoms with Crippen LogP contribution in [0.4, 0.5) is 6.01 Å². The quantitative estimate of drug-likeness (QED) is 0.467. The number of aromatic nitrogens is 2. The van der Waals surface area contributed by atoms with Gasteiger partial charge < -0.3 is 4.42 Å². The van der Waals surface area contributed by atoms with E-state index in [1.54, 1.807) is 56.3 Å². The molecular formula is C24H28N4O6S2. The van der Waals surface area contributed by atoms with Crippen molar-refractivity contribution < 1.29 is 26.0 Å². The van der Waals surface area contributed by atoms with Crippen LogP contribution < -0.4 is 5.32 Å². The van der Waals surface area contributed by atoms with Crippen LogP contribution in [0.5, 0.6) is 0 Å². The van der Waals surface area contributed by atoms with Crippen LogP contribution in [0.15, 0.2) is 68.8 Å². The van der Waals surface area contributed by atoms with Crippen molar-refractivity contribution >= 4 is 31.8 Å². The van der Waals surface area contributed by atoms with Crippen molar-refractivity contribution in [2.24, 2.45) is 5.92 Å². The zero-order chi connectivity index (χ0) is 25.9. The molecule has 1 aliphatic heterocycles. The molecule has 2 aromatic carbocycles. The maximum absolute atomic E-state index is 12.9.